The first-order valence-electron chi connectivity index (χ1n) is 31.1. The van der Waals surface area contributed by atoms with Crippen molar-refractivity contribution in [2.24, 2.45) is 0 Å². The second-order valence-electron chi connectivity index (χ2n) is 32.7. The zero-order valence-corrected chi connectivity index (χ0v) is 57.1. The van der Waals surface area contributed by atoms with Crippen LogP contribution in [0, 0.1) is 0 Å². The molecule has 0 amide bonds. The Labute approximate surface area is 509 Å². The molecule has 84 heavy (non-hydrogen) atoms. The Hall–Kier alpha value is -6.68. The molecular weight excluding hydrogens is 1030 g/mol. The molecule has 9 aromatic carbocycles. The van der Waals surface area contributed by atoms with Gasteiger partial charge >= 0.3 is 0 Å². The lowest BCUT2D eigenvalue weighted by atomic mass is 9.79. The molecule has 0 heterocycles. The second-order valence-corrected chi connectivity index (χ2v) is 37.8. The minimum atomic E-state index is -1.91. The van der Waals surface area contributed by atoms with Gasteiger partial charge in [-0.25, -0.2) is 0 Å². The highest BCUT2D eigenvalue weighted by molar-refractivity contribution is 6.88. The lowest BCUT2D eigenvalue weighted by Gasteiger charge is -2.37. The zero-order valence-electron chi connectivity index (χ0n) is 56.1. The van der Waals surface area contributed by atoms with Crippen LogP contribution in [-0.2, 0) is 37.9 Å². The topological polar surface area (TPSA) is 6.48 Å². The van der Waals surface area contributed by atoms with Crippen molar-refractivity contribution in [3.63, 3.8) is 0 Å². The SMILES string of the molecule is CC(C)(C)c1cc(N(c2cc(C(C)(C)C)cc(C(C)(C)C)c2)c2c3ccc(-c4ccccc4)cc3c(N(c3cc(C(C)(C)C)cc(C(C)(C)C)c3)c3cc(C(C)(C)C)cc([Si](C)(C)C)c3)c3ccc(-c4ccccc4)cc23)cc(C(C)(C)C)c1. The van der Waals surface area contributed by atoms with Gasteiger partial charge in [-0.15, -0.1) is 0 Å². The Morgan fingerprint density at radius 2 is 0.488 bits per heavy atom. The predicted octanol–water partition coefficient (Wildman–Crippen LogP) is 23.9. The van der Waals surface area contributed by atoms with Crippen LogP contribution in [0.1, 0.15) is 184 Å². The van der Waals surface area contributed by atoms with Crippen LogP contribution >= 0.6 is 0 Å². The molecule has 0 aliphatic heterocycles. The molecule has 0 aliphatic rings. The summed E-state index contributed by atoms with van der Waals surface area (Å²) in [7, 11) is -1.91. The molecule has 0 aromatic heterocycles. The van der Waals surface area contributed by atoms with Gasteiger partial charge in [-0.1, -0.05) is 279 Å². The van der Waals surface area contributed by atoms with Gasteiger partial charge in [-0.05, 0) is 160 Å². The average molecular weight is 1130 g/mol. The van der Waals surface area contributed by atoms with E-state index in [4.69, 9.17) is 0 Å². The van der Waals surface area contributed by atoms with Crippen molar-refractivity contribution in [2.45, 2.75) is 203 Å². The number of hydrogen-bond acceptors (Lipinski definition) is 2. The summed E-state index contributed by atoms with van der Waals surface area (Å²) in [6.07, 6.45) is 0. The minimum absolute atomic E-state index is 0.111. The molecular formula is C81H100N2Si. The average Bonchev–Trinajstić information content (AvgIpc) is 0.829. The molecule has 0 N–H and O–H groups in total. The van der Waals surface area contributed by atoms with Gasteiger partial charge in [-0.2, -0.15) is 0 Å². The highest BCUT2D eigenvalue weighted by Gasteiger charge is 2.34. The quantitative estimate of drug-likeness (QED) is 0.0807. The number of anilines is 6. The lowest BCUT2D eigenvalue weighted by molar-refractivity contribution is 0.567. The monoisotopic (exact) mass is 1130 g/mol. The molecule has 0 fully saturated rings. The van der Waals surface area contributed by atoms with Gasteiger partial charge in [-0.3, -0.25) is 0 Å². The van der Waals surface area contributed by atoms with Crippen LogP contribution in [0.3, 0.4) is 0 Å². The normalized spacial score (nSPS) is 13.2. The summed E-state index contributed by atoms with van der Waals surface area (Å²) in [5.74, 6) is 0. The standard InChI is InChI=1S/C81H100N2Si/c1-75(2,3)57-41-58(76(4,5)6)45-64(44-57)82(65-46-59(77(7,8)9)42-60(47-65)78(10,11)12)73-69-37-35-56(54-33-29-26-30-34-54)40-72(69)74(70-38-36-55(39-71(70)73)53-31-27-25-28-32-53)83(66-48-61(79(13,14)15)43-62(49-66)80(16,17)18)67-50-63(81(19,20)21)51-68(52-67)84(22,23)24/h25-52H,1-24H3. The van der Waals surface area contributed by atoms with Crippen LogP contribution in [0.4, 0.5) is 34.1 Å². The maximum absolute atomic E-state index is 2.70. The minimum Gasteiger partial charge on any atom is -0.309 e. The van der Waals surface area contributed by atoms with Crippen LogP contribution in [0.25, 0.3) is 43.8 Å². The van der Waals surface area contributed by atoms with E-state index >= 15 is 0 Å². The molecule has 0 spiro atoms. The van der Waals surface area contributed by atoms with Gasteiger partial charge in [0.1, 0.15) is 0 Å². The third-order valence-corrected chi connectivity index (χ3v) is 19.4. The van der Waals surface area contributed by atoms with Crippen molar-refractivity contribution >= 4 is 68.9 Å². The van der Waals surface area contributed by atoms with Gasteiger partial charge in [0.2, 0.25) is 0 Å². The van der Waals surface area contributed by atoms with E-state index in [0.717, 1.165) is 11.4 Å². The van der Waals surface area contributed by atoms with Crippen molar-refractivity contribution < 1.29 is 0 Å². The summed E-state index contributed by atoms with van der Waals surface area (Å²) >= 11 is 0. The van der Waals surface area contributed by atoms with E-state index in [-0.39, 0.29) is 37.9 Å². The molecule has 0 atom stereocenters. The van der Waals surface area contributed by atoms with Crippen molar-refractivity contribution in [3.8, 4) is 22.3 Å². The van der Waals surface area contributed by atoms with E-state index in [2.05, 4.69) is 345 Å². The Morgan fingerprint density at radius 3 is 0.738 bits per heavy atom. The molecule has 0 unspecified atom stereocenters. The fourth-order valence-electron chi connectivity index (χ4n) is 11.5. The van der Waals surface area contributed by atoms with E-state index in [1.54, 1.807) is 0 Å². The summed E-state index contributed by atoms with van der Waals surface area (Å²) in [5, 5.41) is 6.20. The summed E-state index contributed by atoms with van der Waals surface area (Å²) < 4.78 is 0. The number of hydrogen-bond donors (Lipinski definition) is 0. The molecule has 0 aliphatic carbocycles. The van der Waals surface area contributed by atoms with Crippen molar-refractivity contribution in [1.29, 1.82) is 0 Å². The van der Waals surface area contributed by atoms with Crippen molar-refractivity contribution in [2.75, 3.05) is 9.80 Å². The number of nitrogens with zero attached hydrogens (tertiary/aromatic N) is 2. The molecule has 0 bridgehead atoms. The number of benzene rings is 9. The molecule has 2 nitrogen and oxygen atoms in total. The predicted molar refractivity (Wildman–Crippen MR) is 376 cm³/mol. The van der Waals surface area contributed by atoms with Crippen LogP contribution in [0.2, 0.25) is 19.6 Å². The zero-order chi connectivity index (χ0) is 61.7. The fourth-order valence-corrected chi connectivity index (χ4v) is 12.7. The molecule has 3 heteroatoms. The summed E-state index contributed by atoms with van der Waals surface area (Å²) in [6.45, 7) is 57.3. The highest BCUT2D eigenvalue weighted by atomic mass is 28.3. The third kappa shape index (κ3) is 12.9. The van der Waals surface area contributed by atoms with Gasteiger partial charge in [0.25, 0.3) is 0 Å². The van der Waals surface area contributed by atoms with Crippen molar-refractivity contribution in [3.05, 3.63) is 209 Å². The Balaban J connectivity index is 1.62. The summed E-state index contributed by atoms with van der Waals surface area (Å²) in [6, 6.07) is 67.0. The molecule has 0 radical (unpaired) electrons. The van der Waals surface area contributed by atoms with E-state index < -0.39 is 8.07 Å². The maximum Gasteiger partial charge on any atom is 0.0777 e. The molecule has 9 rings (SSSR count). The third-order valence-electron chi connectivity index (χ3n) is 17.4. The summed E-state index contributed by atoms with van der Waals surface area (Å²) in [5.41, 5.74) is 20.1. The molecule has 438 valence electrons. The van der Waals surface area contributed by atoms with Gasteiger partial charge in [0, 0.05) is 44.3 Å². The second kappa shape index (κ2) is 21.7. The van der Waals surface area contributed by atoms with Crippen LogP contribution < -0.4 is 15.0 Å². The Morgan fingerprint density at radius 1 is 0.238 bits per heavy atom. The largest absolute Gasteiger partial charge is 0.309 e. The fraction of sp³-hybridized carbons (Fsp3) is 0.383. The van der Waals surface area contributed by atoms with E-state index in [1.165, 1.54) is 111 Å². The smallest absolute Gasteiger partial charge is 0.0777 e. The van der Waals surface area contributed by atoms with Gasteiger partial charge in [0.15, 0.2) is 0 Å². The van der Waals surface area contributed by atoms with Crippen LogP contribution in [-0.4, -0.2) is 8.07 Å². The Bertz CT molecular complexity index is 3360. The van der Waals surface area contributed by atoms with Crippen molar-refractivity contribution in [1.82, 2.24) is 0 Å². The molecule has 0 saturated carbocycles. The van der Waals surface area contributed by atoms with E-state index in [9.17, 15) is 0 Å². The van der Waals surface area contributed by atoms with Gasteiger partial charge in [0.05, 0.1) is 19.4 Å². The molecule has 0 saturated heterocycles. The summed E-state index contributed by atoms with van der Waals surface area (Å²) in [4.78, 5) is 5.39. The highest BCUT2D eigenvalue weighted by Crippen LogP contribution is 2.55. The Kier molecular flexibility index (Phi) is 16.0. The number of fused-ring (bicyclic) bond motifs is 2. The van der Waals surface area contributed by atoms with E-state index in [1.807, 2.05) is 0 Å². The first kappa shape index (κ1) is 61.9. The number of rotatable bonds is 9. The van der Waals surface area contributed by atoms with Crippen LogP contribution in [0.5, 0.6) is 0 Å². The molecule has 9 aromatic rings. The maximum atomic E-state index is 2.70. The van der Waals surface area contributed by atoms with Crippen LogP contribution in [0.15, 0.2) is 170 Å². The van der Waals surface area contributed by atoms with E-state index in [0.29, 0.717) is 0 Å². The first-order chi connectivity index (χ1) is 38.7. The van der Waals surface area contributed by atoms with Gasteiger partial charge < -0.3 is 9.80 Å². The lowest BCUT2D eigenvalue weighted by Crippen LogP contribution is -2.39. The first-order valence-corrected chi connectivity index (χ1v) is 34.6.